The summed E-state index contributed by atoms with van der Waals surface area (Å²) < 4.78 is 14.2. The average Bonchev–Trinajstić information content (AvgIpc) is 3.44. The molecule has 3 aliphatic rings. The Kier molecular flexibility index (Phi) is 11.4. The molecule has 290 valence electrons. The maximum atomic E-state index is 14.2. The fraction of sp³-hybridized carbons (Fsp3) is 0.548. The predicted octanol–water partition coefficient (Wildman–Crippen LogP) is 6.75. The average molecular weight is 757 g/mol. The minimum atomic E-state index is -0.853. The Bertz CT molecular complexity index is 2010. The summed E-state index contributed by atoms with van der Waals surface area (Å²) in [5.74, 6) is -0.782. The molecule has 0 unspecified atom stereocenters. The molecule has 1 aromatic carbocycles. The van der Waals surface area contributed by atoms with Gasteiger partial charge in [-0.1, -0.05) is 53.3 Å². The molecule has 0 spiro atoms. The molecule has 2 N–H and O–H groups in total. The van der Waals surface area contributed by atoms with Gasteiger partial charge in [-0.25, -0.2) is 10.4 Å². The van der Waals surface area contributed by atoms with Crippen molar-refractivity contribution >= 4 is 51.8 Å². The lowest BCUT2D eigenvalue weighted by Gasteiger charge is -2.35. The van der Waals surface area contributed by atoms with Crippen LogP contribution < -0.4 is 10.7 Å². The summed E-state index contributed by atoms with van der Waals surface area (Å²) in [4.78, 5) is 51.3. The van der Waals surface area contributed by atoms with Crippen molar-refractivity contribution in [2.75, 3.05) is 20.3 Å². The summed E-state index contributed by atoms with van der Waals surface area (Å²) >= 11 is 1.48. The van der Waals surface area contributed by atoms with Gasteiger partial charge in [-0.05, 0) is 69.1 Å². The molecule has 1 saturated heterocycles. The van der Waals surface area contributed by atoms with Crippen LogP contribution in [0.1, 0.15) is 84.5 Å². The quantitative estimate of drug-likeness (QED) is 0.148. The van der Waals surface area contributed by atoms with Crippen LogP contribution in [0.15, 0.2) is 46.9 Å². The van der Waals surface area contributed by atoms with Crippen LogP contribution in [0.25, 0.3) is 27.7 Å². The zero-order valence-electron chi connectivity index (χ0n) is 33.2. The number of hydrazine groups is 1. The highest BCUT2D eigenvalue weighted by atomic mass is 32.1. The van der Waals surface area contributed by atoms with Crippen LogP contribution in [-0.2, 0) is 43.2 Å². The first kappa shape index (κ1) is 39.6. The number of ether oxygens (including phenoxy) is 2. The number of aliphatic imine (C=N–C) groups is 1. The minimum absolute atomic E-state index is 0.130. The van der Waals surface area contributed by atoms with Gasteiger partial charge in [0.1, 0.15) is 12.1 Å². The van der Waals surface area contributed by atoms with E-state index in [1.54, 1.807) is 13.3 Å². The van der Waals surface area contributed by atoms with Gasteiger partial charge < -0.3 is 19.4 Å². The number of carbonyl (C=O) groups is 3. The number of nitrogens with zero attached hydrogens (tertiary/aromatic N) is 4. The van der Waals surface area contributed by atoms with Crippen LogP contribution in [-0.4, -0.2) is 77.0 Å². The zero-order chi connectivity index (χ0) is 39.1. The van der Waals surface area contributed by atoms with Gasteiger partial charge in [0.2, 0.25) is 5.91 Å². The Balaban J connectivity index is 1.50. The van der Waals surface area contributed by atoms with Crippen molar-refractivity contribution in [3.63, 3.8) is 0 Å². The summed E-state index contributed by atoms with van der Waals surface area (Å²) in [6, 6.07) is 4.87. The summed E-state index contributed by atoms with van der Waals surface area (Å²) in [5, 5.41) is 8.40. The summed E-state index contributed by atoms with van der Waals surface area (Å²) in [6.45, 7) is 22.0. The van der Waals surface area contributed by atoms with E-state index >= 15 is 0 Å². The van der Waals surface area contributed by atoms with E-state index in [9.17, 15) is 14.4 Å². The number of esters is 1. The van der Waals surface area contributed by atoms with Gasteiger partial charge in [0, 0.05) is 71.6 Å². The van der Waals surface area contributed by atoms with E-state index in [-0.39, 0.29) is 48.2 Å². The van der Waals surface area contributed by atoms with Crippen molar-refractivity contribution in [1.82, 2.24) is 25.3 Å². The summed E-state index contributed by atoms with van der Waals surface area (Å²) in [5.41, 5.74) is 9.12. The van der Waals surface area contributed by atoms with Gasteiger partial charge in [0.15, 0.2) is 0 Å². The van der Waals surface area contributed by atoms with E-state index in [0.29, 0.717) is 32.4 Å². The summed E-state index contributed by atoms with van der Waals surface area (Å²) in [7, 11) is 1.68. The number of rotatable bonds is 8. The first-order valence-corrected chi connectivity index (χ1v) is 20.1. The number of carbonyl (C=O) groups excluding carboxylic acids is 3. The topological polar surface area (TPSA) is 127 Å². The molecule has 1 aliphatic carbocycles. The van der Waals surface area contributed by atoms with Crippen molar-refractivity contribution in [3.05, 3.63) is 58.2 Å². The first-order valence-electron chi connectivity index (χ1n) is 19.2. The van der Waals surface area contributed by atoms with E-state index in [4.69, 9.17) is 19.5 Å². The van der Waals surface area contributed by atoms with E-state index in [0.717, 1.165) is 49.7 Å². The molecule has 2 aromatic heterocycles. The third-order valence-electron chi connectivity index (χ3n) is 11.7. The number of hydrogen-bond acceptors (Lipinski definition) is 9. The third kappa shape index (κ3) is 7.57. The molecule has 6 bridgehead atoms. The molecule has 12 heteroatoms. The molecule has 1 saturated carbocycles. The van der Waals surface area contributed by atoms with E-state index in [1.165, 1.54) is 16.3 Å². The number of aromatic nitrogens is 2. The molecular formula is C42H56N6O5S. The highest BCUT2D eigenvalue weighted by molar-refractivity contribution is 7.10. The van der Waals surface area contributed by atoms with Gasteiger partial charge >= 0.3 is 5.97 Å². The highest BCUT2D eigenvalue weighted by Crippen LogP contribution is 2.57. The number of nitrogens with one attached hydrogen (secondary N) is 2. The third-order valence-corrected chi connectivity index (χ3v) is 12.6. The summed E-state index contributed by atoms with van der Waals surface area (Å²) in [6.07, 6.45) is 5.33. The number of thiazole rings is 1. The van der Waals surface area contributed by atoms with Gasteiger partial charge in [0.25, 0.3) is 5.91 Å². The lowest BCUT2D eigenvalue weighted by molar-refractivity contribution is -0.155. The molecule has 11 nitrogen and oxygen atoms in total. The second-order valence-corrected chi connectivity index (χ2v) is 17.3. The number of amides is 2. The molecule has 2 fully saturated rings. The van der Waals surface area contributed by atoms with Crippen molar-refractivity contribution in [2.45, 2.75) is 106 Å². The van der Waals surface area contributed by atoms with Crippen LogP contribution in [0.3, 0.4) is 0 Å². The van der Waals surface area contributed by atoms with Crippen LogP contribution in [0.2, 0.25) is 0 Å². The number of methoxy groups -OCH3 is 1. The van der Waals surface area contributed by atoms with Gasteiger partial charge in [-0.2, -0.15) is 0 Å². The largest absolute Gasteiger partial charge is 0.464 e. The molecule has 54 heavy (non-hydrogen) atoms. The fourth-order valence-corrected chi connectivity index (χ4v) is 9.05. The maximum Gasteiger partial charge on any atom is 0.324 e. The fourth-order valence-electron chi connectivity index (χ4n) is 8.20. The number of benzene rings is 1. The Morgan fingerprint density at radius 1 is 1.28 bits per heavy atom. The monoisotopic (exact) mass is 756 g/mol. The van der Waals surface area contributed by atoms with Crippen LogP contribution in [0.5, 0.6) is 0 Å². The van der Waals surface area contributed by atoms with Gasteiger partial charge in [-0.15, -0.1) is 11.3 Å². The van der Waals surface area contributed by atoms with E-state index < -0.39 is 23.5 Å². The standard InChI is InChI=1S/C42H56N6O5S/c1-11-27(36(43-12-2)25(5)52-10)37-29-21-41(6,7)23-53-40(51)30-15-14-18-48(46-30)39(50)31(45-38(49)35-24(4)42(35,8)9)20-34-44-32(22-54-34)26-16-17-33(28(29)19-26)47(37)13-3/h11-12,16-17,19,22,24-25,30-31,35,46H,1,13-15,18,20-21,23H2,2-10H3,(H,45,49)/b36-27+,43-12-/t24-,25+,30+,31+,35+/m1/s1. The Labute approximate surface area is 323 Å². The Hall–Kier alpha value is -4.13. The van der Waals surface area contributed by atoms with Crippen LogP contribution in [0.4, 0.5) is 0 Å². The lowest BCUT2D eigenvalue weighted by Crippen LogP contribution is -2.60. The second kappa shape index (κ2) is 15.5. The maximum absolute atomic E-state index is 14.2. The predicted molar refractivity (Wildman–Crippen MR) is 215 cm³/mol. The number of fused-ring (bicyclic) bond motifs is 6. The molecule has 0 radical (unpaired) electrons. The molecule has 2 aliphatic heterocycles. The van der Waals surface area contributed by atoms with Crippen LogP contribution >= 0.6 is 11.3 Å². The minimum Gasteiger partial charge on any atom is -0.464 e. The van der Waals surface area contributed by atoms with Crippen molar-refractivity contribution in [3.8, 4) is 11.3 Å². The molecule has 2 amide bonds. The van der Waals surface area contributed by atoms with E-state index in [1.807, 2.05) is 25.3 Å². The zero-order valence-corrected chi connectivity index (χ0v) is 34.1. The first-order chi connectivity index (χ1) is 25.6. The molecule has 5 atom stereocenters. The Morgan fingerprint density at radius 2 is 2.02 bits per heavy atom. The molecular weight excluding hydrogens is 701 g/mol. The number of allylic oxidation sites excluding steroid dienone is 2. The van der Waals surface area contributed by atoms with Crippen molar-refractivity contribution in [2.24, 2.45) is 27.7 Å². The Morgan fingerprint density at radius 3 is 2.67 bits per heavy atom. The normalized spacial score (nSPS) is 25.2. The number of hydrogen-bond donors (Lipinski definition) is 2. The second-order valence-electron chi connectivity index (χ2n) is 16.3. The number of cyclic esters (lactones) is 1. The lowest BCUT2D eigenvalue weighted by atomic mass is 9.84. The smallest absolute Gasteiger partial charge is 0.324 e. The highest BCUT2D eigenvalue weighted by Gasteiger charge is 2.59. The van der Waals surface area contributed by atoms with Crippen molar-refractivity contribution < 1.29 is 23.9 Å². The number of aryl methyl sites for hydroxylation is 1. The van der Waals surface area contributed by atoms with Gasteiger partial charge in [0.05, 0.1) is 34.8 Å². The van der Waals surface area contributed by atoms with Crippen molar-refractivity contribution in [1.29, 1.82) is 0 Å². The molecule has 6 rings (SSSR count). The van der Waals surface area contributed by atoms with Gasteiger partial charge in [-0.3, -0.25) is 24.4 Å². The molecule has 4 heterocycles. The van der Waals surface area contributed by atoms with Crippen LogP contribution in [0, 0.1) is 22.7 Å². The SMILES string of the molecule is C=C/C(=C(\N=C/C)[C@H](C)OC)c1c2c3cc(ccc3n1CC)-c1csc(n1)C[C@H](NC(=O)[C@@H]1[C@@H](C)C1(C)C)C(=O)N1CCC[C@H](N1)C(=O)OCC(C)(C)C2. The van der Waals surface area contributed by atoms with E-state index in [2.05, 4.69) is 81.6 Å². The molecule has 3 aromatic rings.